The fourth-order valence-electron chi connectivity index (χ4n) is 1.45. The minimum absolute atomic E-state index is 0.456. The smallest absolute Gasteiger partial charge is 0.133 e. The number of ether oxygens (including phenoxy) is 1. The van der Waals surface area contributed by atoms with Crippen molar-refractivity contribution in [3.05, 3.63) is 64.1 Å². The molecule has 0 radical (unpaired) electrons. The lowest BCUT2D eigenvalue weighted by Gasteiger charge is -2.07. The van der Waals surface area contributed by atoms with E-state index in [-0.39, 0.29) is 0 Å². The first-order valence-corrected chi connectivity index (χ1v) is 5.95. The van der Waals surface area contributed by atoms with Gasteiger partial charge < -0.3 is 4.74 Å². The third-order valence-electron chi connectivity index (χ3n) is 2.29. The second-order valence-electron chi connectivity index (χ2n) is 3.53. The predicted octanol–water partition coefficient (Wildman–Crippen LogP) is 3.90. The summed E-state index contributed by atoms with van der Waals surface area (Å²) in [7, 11) is 0. The van der Waals surface area contributed by atoms with Crippen LogP contribution in [0.1, 0.15) is 11.1 Å². The van der Waals surface area contributed by atoms with Crippen LogP contribution < -0.4 is 4.74 Å². The summed E-state index contributed by atoms with van der Waals surface area (Å²) in [4.78, 5) is 0. The average molecular weight is 288 g/mol. The quantitative estimate of drug-likeness (QED) is 0.858. The lowest BCUT2D eigenvalue weighted by atomic mass is 10.1. The Balaban J connectivity index is 2.08. The minimum atomic E-state index is 0.456. The van der Waals surface area contributed by atoms with Crippen molar-refractivity contribution in [3.8, 4) is 11.8 Å². The van der Waals surface area contributed by atoms with Gasteiger partial charge in [0.15, 0.2) is 0 Å². The Morgan fingerprint density at radius 2 is 1.94 bits per heavy atom. The molecule has 2 aromatic rings. The van der Waals surface area contributed by atoms with Crippen LogP contribution in [-0.2, 0) is 6.61 Å². The molecule has 0 amide bonds. The van der Waals surface area contributed by atoms with Gasteiger partial charge in [0.05, 0.1) is 16.1 Å². The van der Waals surface area contributed by atoms with Crippen molar-refractivity contribution in [2.75, 3.05) is 0 Å². The topological polar surface area (TPSA) is 33.0 Å². The number of halogens is 1. The predicted molar refractivity (Wildman–Crippen MR) is 69.6 cm³/mol. The Kier molecular flexibility index (Phi) is 3.79. The van der Waals surface area contributed by atoms with Crippen LogP contribution >= 0.6 is 15.9 Å². The Hall–Kier alpha value is -1.79. The highest BCUT2D eigenvalue weighted by Gasteiger charge is 2.00. The summed E-state index contributed by atoms with van der Waals surface area (Å²) < 4.78 is 6.59. The molecule has 0 fully saturated rings. The van der Waals surface area contributed by atoms with Gasteiger partial charge >= 0.3 is 0 Å². The Bertz CT molecular complexity index is 560. The van der Waals surface area contributed by atoms with Crippen LogP contribution in [0.3, 0.4) is 0 Å². The van der Waals surface area contributed by atoms with E-state index in [1.54, 1.807) is 6.07 Å². The molecule has 0 atom stereocenters. The van der Waals surface area contributed by atoms with Crippen LogP contribution in [-0.4, -0.2) is 0 Å². The second-order valence-corrected chi connectivity index (χ2v) is 4.39. The van der Waals surface area contributed by atoms with Gasteiger partial charge in [-0.2, -0.15) is 5.26 Å². The number of benzene rings is 2. The molecule has 17 heavy (non-hydrogen) atoms. The van der Waals surface area contributed by atoms with Gasteiger partial charge in [0.2, 0.25) is 0 Å². The molecular formula is C14H10BrNO. The summed E-state index contributed by atoms with van der Waals surface area (Å²) in [5, 5.41) is 8.79. The lowest BCUT2D eigenvalue weighted by molar-refractivity contribution is 0.304. The van der Waals surface area contributed by atoms with Gasteiger partial charge in [0.25, 0.3) is 0 Å². The molecular weight excluding hydrogens is 278 g/mol. The molecule has 0 unspecified atom stereocenters. The molecule has 0 heterocycles. The van der Waals surface area contributed by atoms with E-state index in [1.807, 2.05) is 42.5 Å². The fraction of sp³-hybridized carbons (Fsp3) is 0.0714. The van der Waals surface area contributed by atoms with Crippen LogP contribution in [0.2, 0.25) is 0 Å². The summed E-state index contributed by atoms with van der Waals surface area (Å²) in [6, 6.07) is 17.2. The summed E-state index contributed by atoms with van der Waals surface area (Å²) in [6.07, 6.45) is 0. The number of nitriles is 1. The summed E-state index contributed by atoms with van der Waals surface area (Å²) >= 11 is 3.42. The van der Waals surface area contributed by atoms with Crippen LogP contribution in [0.4, 0.5) is 0 Å². The highest BCUT2D eigenvalue weighted by atomic mass is 79.9. The standard InChI is InChI=1S/C14H10BrNO/c15-13-6-1-2-7-14(13)17-10-12-5-3-4-11(8-12)9-16/h1-8H,10H2. The van der Waals surface area contributed by atoms with Gasteiger partial charge in [-0.15, -0.1) is 0 Å². The van der Waals surface area contributed by atoms with Crippen molar-refractivity contribution in [3.63, 3.8) is 0 Å². The molecule has 2 nitrogen and oxygen atoms in total. The van der Waals surface area contributed by atoms with Crippen molar-refractivity contribution < 1.29 is 4.74 Å². The van der Waals surface area contributed by atoms with Crippen molar-refractivity contribution in [2.45, 2.75) is 6.61 Å². The lowest BCUT2D eigenvalue weighted by Crippen LogP contribution is -1.96. The van der Waals surface area contributed by atoms with E-state index in [0.717, 1.165) is 15.8 Å². The van der Waals surface area contributed by atoms with E-state index in [1.165, 1.54) is 0 Å². The number of rotatable bonds is 3. The Morgan fingerprint density at radius 1 is 1.12 bits per heavy atom. The zero-order chi connectivity index (χ0) is 12.1. The molecule has 0 bridgehead atoms. The van der Waals surface area contributed by atoms with E-state index < -0.39 is 0 Å². The Morgan fingerprint density at radius 3 is 2.71 bits per heavy atom. The number of nitrogens with zero attached hydrogens (tertiary/aromatic N) is 1. The largest absolute Gasteiger partial charge is 0.488 e. The van der Waals surface area contributed by atoms with E-state index in [2.05, 4.69) is 22.0 Å². The third kappa shape index (κ3) is 3.08. The monoisotopic (exact) mass is 287 g/mol. The molecule has 0 saturated heterocycles. The molecule has 84 valence electrons. The van der Waals surface area contributed by atoms with Gasteiger partial charge in [-0.1, -0.05) is 24.3 Å². The van der Waals surface area contributed by atoms with Crippen LogP contribution in [0.15, 0.2) is 53.0 Å². The molecule has 0 aliphatic carbocycles. The van der Waals surface area contributed by atoms with E-state index >= 15 is 0 Å². The summed E-state index contributed by atoms with van der Waals surface area (Å²) in [5.74, 6) is 0.801. The van der Waals surface area contributed by atoms with Crippen LogP contribution in [0.25, 0.3) is 0 Å². The van der Waals surface area contributed by atoms with E-state index in [0.29, 0.717) is 12.2 Å². The zero-order valence-corrected chi connectivity index (χ0v) is 10.6. The number of hydrogen-bond donors (Lipinski definition) is 0. The van der Waals surface area contributed by atoms with Crippen molar-refractivity contribution in [1.29, 1.82) is 5.26 Å². The molecule has 2 rings (SSSR count). The number of para-hydroxylation sites is 1. The third-order valence-corrected chi connectivity index (χ3v) is 2.94. The SMILES string of the molecule is N#Cc1cccc(COc2ccccc2Br)c1. The van der Waals surface area contributed by atoms with Gasteiger partial charge in [0, 0.05) is 0 Å². The van der Waals surface area contributed by atoms with Gasteiger partial charge in [-0.25, -0.2) is 0 Å². The number of hydrogen-bond acceptors (Lipinski definition) is 2. The van der Waals surface area contributed by atoms with Crippen molar-refractivity contribution >= 4 is 15.9 Å². The molecule has 0 aliphatic rings. The molecule has 2 aromatic carbocycles. The van der Waals surface area contributed by atoms with Crippen molar-refractivity contribution in [1.82, 2.24) is 0 Å². The Labute approximate surface area is 109 Å². The van der Waals surface area contributed by atoms with Gasteiger partial charge in [0.1, 0.15) is 12.4 Å². The summed E-state index contributed by atoms with van der Waals surface area (Å²) in [5.41, 5.74) is 1.64. The average Bonchev–Trinajstić information content (AvgIpc) is 2.38. The fourth-order valence-corrected chi connectivity index (χ4v) is 1.85. The first kappa shape index (κ1) is 11.7. The van der Waals surface area contributed by atoms with E-state index in [9.17, 15) is 0 Å². The zero-order valence-electron chi connectivity index (χ0n) is 9.06. The molecule has 0 N–H and O–H groups in total. The maximum atomic E-state index is 8.79. The highest BCUT2D eigenvalue weighted by molar-refractivity contribution is 9.10. The van der Waals surface area contributed by atoms with Gasteiger partial charge in [-0.3, -0.25) is 0 Å². The van der Waals surface area contributed by atoms with Crippen LogP contribution in [0, 0.1) is 11.3 Å². The molecule has 3 heteroatoms. The molecule has 0 aliphatic heterocycles. The molecule has 0 saturated carbocycles. The highest BCUT2D eigenvalue weighted by Crippen LogP contribution is 2.24. The second kappa shape index (κ2) is 5.51. The van der Waals surface area contributed by atoms with Gasteiger partial charge in [-0.05, 0) is 45.8 Å². The normalized spacial score (nSPS) is 9.65. The van der Waals surface area contributed by atoms with Crippen LogP contribution in [0.5, 0.6) is 5.75 Å². The van der Waals surface area contributed by atoms with E-state index in [4.69, 9.17) is 10.00 Å². The molecule has 0 spiro atoms. The maximum Gasteiger partial charge on any atom is 0.133 e. The van der Waals surface area contributed by atoms with Crippen molar-refractivity contribution in [2.24, 2.45) is 0 Å². The first-order valence-electron chi connectivity index (χ1n) is 5.16. The summed E-state index contributed by atoms with van der Waals surface area (Å²) in [6.45, 7) is 0.456. The first-order chi connectivity index (χ1) is 8.29. The minimum Gasteiger partial charge on any atom is -0.488 e. The maximum absolute atomic E-state index is 8.79. The molecule has 0 aromatic heterocycles.